The minimum Gasteiger partial charge on any atom is -0.373 e. The first kappa shape index (κ1) is 5.86. The number of aliphatic hydroxyl groups excluding tert-OH is 1. The Hall–Kier alpha value is -1.27. The van der Waals surface area contributed by atoms with Crippen molar-refractivity contribution in [1.29, 1.82) is 5.26 Å². The van der Waals surface area contributed by atoms with Crippen LogP contribution in [0.25, 0.3) is 0 Å². The molecule has 2 N–H and O–H groups in total. The first-order chi connectivity index (χ1) is 4.34. The van der Waals surface area contributed by atoms with Crippen molar-refractivity contribution in [2.75, 3.05) is 0 Å². The zero-order chi connectivity index (χ0) is 6.69. The topological polar surface area (TPSA) is 59.8 Å². The smallest absolute Gasteiger partial charge is 0.180 e. The number of H-pyrrole nitrogens is 1. The van der Waals surface area contributed by atoms with Crippen LogP contribution < -0.4 is 0 Å². The highest BCUT2D eigenvalue weighted by molar-refractivity contribution is 5.12. The van der Waals surface area contributed by atoms with E-state index in [4.69, 9.17) is 10.4 Å². The summed E-state index contributed by atoms with van der Waals surface area (Å²) >= 11 is 0. The number of nitrogens with zero attached hydrogens (tertiary/aromatic N) is 1. The molecule has 0 aromatic carbocycles. The quantitative estimate of drug-likeness (QED) is 0.535. The largest absolute Gasteiger partial charge is 0.373 e. The number of hydrogen-bond acceptors (Lipinski definition) is 2. The maximum atomic E-state index is 8.83. The standard InChI is InChI=1S/C6H6N2O/c7-4-6(9)5-2-1-3-8-5/h1-3,6,8-9H/t6-/m0/s1. The minimum atomic E-state index is -1.01. The molecule has 0 bridgehead atoms. The Morgan fingerprint density at radius 1 is 1.78 bits per heavy atom. The summed E-state index contributed by atoms with van der Waals surface area (Å²) in [6.45, 7) is 0. The number of aliphatic hydroxyl groups is 1. The maximum Gasteiger partial charge on any atom is 0.180 e. The number of nitrogens with one attached hydrogen (secondary N) is 1. The van der Waals surface area contributed by atoms with E-state index in [9.17, 15) is 0 Å². The predicted octanol–water partition coefficient (Wildman–Crippen LogP) is 0.572. The van der Waals surface area contributed by atoms with E-state index in [0.717, 1.165) is 0 Å². The van der Waals surface area contributed by atoms with Crippen LogP contribution in [0.15, 0.2) is 18.3 Å². The predicted molar refractivity (Wildman–Crippen MR) is 31.4 cm³/mol. The molecular formula is C6H6N2O. The van der Waals surface area contributed by atoms with Crippen LogP contribution in [-0.4, -0.2) is 10.1 Å². The highest BCUT2D eigenvalue weighted by atomic mass is 16.3. The van der Waals surface area contributed by atoms with Gasteiger partial charge in [0.2, 0.25) is 0 Å². The number of hydrogen-bond donors (Lipinski definition) is 2. The summed E-state index contributed by atoms with van der Waals surface area (Å²) in [6.07, 6.45) is 0.649. The summed E-state index contributed by atoms with van der Waals surface area (Å²) in [5.74, 6) is 0. The minimum absolute atomic E-state index is 0.539. The lowest BCUT2D eigenvalue weighted by Crippen LogP contribution is -1.91. The Labute approximate surface area is 52.6 Å². The SMILES string of the molecule is N#C[C@H](O)c1ccc[nH]1. The van der Waals surface area contributed by atoms with E-state index < -0.39 is 6.10 Å². The van der Waals surface area contributed by atoms with Crippen molar-refractivity contribution in [2.45, 2.75) is 6.10 Å². The van der Waals surface area contributed by atoms with Gasteiger partial charge in [0.05, 0.1) is 5.69 Å². The molecule has 1 atom stereocenters. The van der Waals surface area contributed by atoms with Gasteiger partial charge >= 0.3 is 0 Å². The van der Waals surface area contributed by atoms with Crippen molar-refractivity contribution >= 4 is 0 Å². The van der Waals surface area contributed by atoms with Gasteiger partial charge in [-0.15, -0.1) is 0 Å². The molecule has 1 rings (SSSR count). The normalized spacial score (nSPS) is 12.4. The van der Waals surface area contributed by atoms with E-state index in [-0.39, 0.29) is 0 Å². The molecule has 0 spiro atoms. The fourth-order valence-corrected chi connectivity index (χ4v) is 0.584. The first-order valence-electron chi connectivity index (χ1n) is 2.55. The van der Waals surface area contributed by atoms with Crippen molar-refractivity contribution < 1.29 is 5.11 Å². The van der Waals surface area contributed by atoms with Gasteiger partial charge < -0.3 is 10.1 Å². The molecule has 1 aromatic rings. The second kappa shape index (κ2) is 2.33. The lowest BCUT2D eigenvalue weighted by atomic mass is 10.3. The van der Waals surface area contributed by atoms with E-state index in [1.807, 2.05) is 0 Å². The highest BCUT2D eigenvalue weighted by Crippen LogP contribution is 2.06. The van der Waals surface area contributed by atoms with Gasteiger partial charge in [-0.25, -0.2) is 0 Å². The lowest BCUT2D eigenvalue weighted by Gasteiger charge is -1.93. The molecule has 0 aliphatic rings. The second-order valence-electron chi connectivity index (χ2n) is 1.66. The lowest BCUT2D eigenvalue weighted by molar-refractivity contribution is 0.231. The maximum absolute atomic E-state index is 8.83. The molecule has 9 heavy (non-hydrogen) atoms. The molecule has 0 unspecified atom stereocenters. The third-order valence-electron chi connectivity index (χ3n) is 1.04. The van der Waals surface area contributed by atoms with Crippen molar-refractivity contribution in [3.8, 4) is 6.07 Å². The number of nitriles is 1. The number of aromatic amines is 1. The molecule has 0 amide bonds. The van der Waals surface area contributed by atoms with Gasteiger partial charge in [-0.2, -0.15) is 5.26 Å². The van der Waals surface area contributed by atoms with E-state index in [1.54, 1.807) is 24.4 Å². The third-order valence-corrected chi connectivity index (χ3v) is 1.04. The summed E-state index contributed by atoms with van der Waals surface area (Å²) in [5, 5.41) is 17.0. The zero-order valence-corrected chi connectivity index (χ0v) is 4.70. The van der Waals surface area contributed by atoms with E-state index in [2.05, 4.69) is 4.98 Å². The van der Waals surface area contributed by atoms with Crippen LogP contribution >= 0.6 is 0 Å². The Morgan fingerprint density at radius 2 is 2.56 bits per heavy atom. The van der Waals surface area contributed by atoms with Crippen molar-refractivity contribution in [2.24, 2.45) is 0 Å². The van der Waals surface area contributed by atoms with Gasteiger partial charge in [0.25, 0.3) is 0 Å². The van der Waals surface area contributed by atoms with Gasteiger partial charge in [0.15, 0.2) is 6.10 Å². The van der Waals surface area contributed by atoms with Gasteiger partial charge in [-0.1, -0.05) is 0 Å². The van der Waals surface area contributed by atoms with E-state index >= 15 is 0 Å². The molecule has 0 radical (unpaired) electrons. The third kappa shape index (κ3) is 1.09. The van der Waals surface area contributed by atoms with Gasteiger partial charge in [0.1, 0.15) is 6.07 Å². The van der Waals surface area contributed by atoms with E-state index in [0.29, 0.717) is 5.69 Å². The fraction of sp³-hybridized carbons (Fsp3) is 0.167. The summed E-state index contributed by atoms with van der Waals surface area (Å²) in [4.78, 5) is 2.72. The zero-order valence-electron chi connectivity index (χ0n) is 4.70. The van der Waals surface area contributed by atoms with Crippen LogP contribution in [0.5, 0.6) is 0 Å². The number of aromatic nitrogens is 1. The van der Waals surface area contributed by atoms with Crippen LogP contribution in [0.1, 0.15) is 11.8 Å². The van der Waals surface area contributed by atoms with Gasteiger partial charge in [-0.05, 0) is 12.1 Å². The molecule has 0 aliphatic heterocycles. The van der Waals surface area contributed by atoms with E-state index in [1.165, 1.54) is 0 Å². The average molecular weight is 122 g/mol. The Bertz CT molecular complexity index is 209. The first-order valence-corrected chi connectivity index (χ1v) is 2.55. The molecule has 46 valence electrons. The number of rotatable bonds is 1. The highest BCUT2D eigenvalue weighted by Gasteiger charge is 2.03. The Balaban J connectivity index is 2.80. The van der Waals surface area contributed by atoms with Crippen molar-refractivity contribution in [1.82, 2.24) is 4.98 Å². The van der Waals surface area contributed by atoms with Gasteiger partial charge in [0, 0.05) is 6.20 Å². The molecule has 0 aliphatic carbocycles. The Kier molecular flexibility index (Phi) is 1.52. The molecule has 3 heteroatoms. The van der Waals surface area contributed by atoms with Crippen LogP contribution in [-0.2, 0) is 0 Å². The molecular weight excluding hydrogens is 116 g/mol. The van der Waals surface area contributed by atoms with Crippen LogP contribution in [0, 0.1) is 11.3 Å². The summed E-state index contributed by atoms with van der Waals surface area (Å²) in [7, 11) is 0. The van der Waals surface area contributed by atoms with Crippen LogP contribution in [0.3, 0.4) is 0 Å². The summed E-state index contributed by atoms with van der Waals surface area (Å²) in [5.41, 5.74) is 0.539. The summed E-state index contributed by atoms with van der Waals surface area (Å²) < 4.78 is 0. The van der Waals surface area contributed by atoms with Crippen LogP contribution in [0.2, 0.25) is 0 Å². The monoisotopic (exact) mass is 122 g/mol. The second-order valence-corrected chi connectivity index (χ2v) is 1.66. The van der Waals surface area contributed by atoms with Crippen molar-refractivity contribution in [3.05, 3.63) is 24.0 Å². The molecule has 1 heterocycles. The molecule has 0 fully saturated rings. The molecule has 1 aromatic heterocycles. The van der Waals surface area contributed by atoms with Gasteiger partial charge in [-0.3, -0.25) is 0 Å². The molecule has 3 nitrogen and oxygen atoms in total. The molecule has 0 saturated carbocycles. The average Bonchev–Trinajstić information content (AvgIpc) is 2.37. The Morgan fingerprint density at radius 3 is 3.00 bits per heavy atom. The van der Waals surface area contributed by atoms with Crippen LogP contribution in [0.4, 0.5) is 0 Å². The molecule has 0 saturated heterocycles. The van der Waals surface area contributed by atoms with Crippen molar-refractivity contribution in [3.63, 3.8) is 0 Å². The summed E-state index contributed by atoms with van der Waals surface area (Å²) in [6, 6.07) is 5.08. The fourth-order valence-electron chi connectivity index (χ4n) is 0.584.